The van der Waals surface area contributed by atoms with E-state index < -0.39 is 0 Å². The minimum absolute atomic E-state index is 0.0342. The van der Waals surface area contributed by atoms with E-state index in [1.807, 2.05) is 78.6 Å². The van der Waals surface area contributed by atoms with Crippen molar-refractivity contribution in [3.8, 4) is 11.4 Å². The quantitative estimate of drug-likeness (QED) is 0.0833. The number of carbonyl (C=O) groups excluding carboxylic acids is 1. The molecule has 3 aromatic carbocycles. The first kappa shape index (κ1) is 32.5. The van der Waals surface area contributed by atoms with Gasteiger partial charge in [-0.2, -0.15) is 0 Å². The lowest BCUT2D eigenvalue weighted by molar-refractivity contribution is 0.0762. The Kier molecular flexibility index (Phi) is 11.2. The van der Waals surface area contributed by atoms with E-state index in [4.69, 9.17) is 4.98 Å². The minimum Gasteiger partial charge on any atom is -0.396 e. The van der Waals surface area contributed by atoms with Gasteiger partial charge in [0.05, 0.1) is 16.7 Å². The molecule has 0 radical (unpaired) electrons. The van der Waals surface area contributed by atoms with Gasteiger partial charge in [0, 0.05) is 50.2 Å². The van der Waals surface area contributed by atoms with Crippen molar-refractivity contribution in [2.45, 2.75) is 39.5 Å². The number of nitrogens with one attached hydrogen (secondary N) is 4. The maximum absolute atomic E-state index is 13.0. The number of anilines is 2. The monoisotopic (exact) mass is 620 g/mol. The van der Waals surface area contributed by atoms with Crippen LogP contribution < -0.4 is 16.2 Å². The summed E-state index contributed by atoms with van der Waals surface area (Å²) in [6, 6.07) is 25.5. The molecular weight excluding hydrogens is 576 g/mol. The highest BCUT2D eigenvalue weighted by molar-refractivity contribution is 5.94. The van der Waals surface area contributed by atoms with Crippen molar-refractivity contribution >= 4 is 28.3 Å². The summed E-state index contributed by atoms with van der Waals surface area (Å²) in [6.45, 7) is 6.74. The lowest BCUT2D eigenvalue weighted by atomic mass is 9.95. The second kappa shape index (κ2) is 15.9. The molecule has 0 aliphatic rings. The SMILES string of the molecule is CCCN(CCNc1cc(C)c2nc(-c3c(NCCCC(CO)Cc4ccccc4)cc[nH]c3=O)[nH]c2c1)C(=O)c1ccccc1. The number of aryl methyl sites for hydroxylation is 1. The number of hydrogen-bond donors (Lipinski definition) is 5. The van der Waals surface area contributed by atoms with Crippen LogP contribution in [0.4, 0.5) is 11.4 Å². The Balaban J connectivity index is 1.24. The molecule has 0 saturated carbocycles. The first-order chi connectivity index (χ1) is 22.5. The van der Waals surface area contributed by atoms with Gasteiger partial charge >= 0.3 is 0 Å². The average molecular weight is 621 g/mol. The molecule has 5 aromatic rings. The number of imidazole rings is 1. The van der Waals surface area contributed by atoms with E-state index in [2.05, 4.69) is 39.7 Å². The van der Waals surface area contributed by atoms with Crippen molar-refractivity contribution in [2.24, 2.45) is 5.92 Å². The third-order valence-electron chi connectivity index (χ3n) is 8.22. The van der Waals surface area contributed by atoms with Crippen LogP contribution in [-0.4, -0.2) is 63.7 Å². The first-order valence-corrected chi connectivity index (χ1v) is 16.2. The van der Waals surface area contributed by atoms with Gasteiger partial charge in [0.1, 0.15) is 11.4 Å². The number of aliphatic hydroxyl groups is 1. The summed E-state index contributed by atoms with van der Waals surface area (Å²) >= 11 is 0. The summed E-state index contributed by atoms with van der Waals surface area (Å²) in [5, 5.41) is 16.8. The number of aromatic amines is 2. The van der Waals surface area contributed by atoms with Gasteiger partial charge in [0.2, 0.25) is 0 Å². The molecule has 0 bridgehead atoms. The number of aromatic nitrogens is 3. The second-order valence-electron chi connectivity index (χ2n) is 11.8. The van der Waals surface area contributed by atoms with E-state index in [0.29, 0.717) is 48.8 Å². The van der Waals surface area contributed by atoms with Gasteiger partial charge in [-0.3, -0.25) is 9.59 Å². The largest absolute Gasteiger partial charge is 0.396 e. The van der Waals surface area contributed by atoms with Crippen LogP contribution in [0.3, 0.4) is 0 Å². The van der Waals surface area contributed by atoms with Crippen molar-refractivity contribution in [1.29, 1.82) is 0 Å². The molecule has 2 aromatic heterocycles. The van der Waals surface area contributed by atoms with E-state index in [9.17, 15) is 14.7 Å². The predicted octanol–water partition coefficient (Wildman–Crippen LogP) is 6.23. The average Bonchev–Trinajstić information content (AvgIpc) is 3.50. The van der Waals surface area contributed by atoms with Gasteiger partial charge < -0.3 is 30.6 Å². The zero-order valence-electron chi connectivity index (χ0n) is 26.7. The van der Waals surface area contributed by atoms with Crippen LogP contribution in [0.2, 0.25) is 0 Å². The first-order valence-electron chi connectivity index (χ1n) is 16.2. The number of aliphatic hydroxyl groups excluding tert-OH is 1. The molecule has 0 aliphatic carbocycles. The molecule has 240 valence electrons. The van der Waals surface area contributed by atoms with E-state index in [1.54, 1.807) is 6.20 Å². The molecule has 0 fully saturated rings. The van der Waals surface area contributed by atoms with Gasteiger partial charge in [0.25, 0.3) is 11.5 Å². The number of nitrogens with zero attached hydrogens (tertiary/aromatic N) is 2. The van der Waals surface area contributed by atoms with Crippen LogP contribution in [0.1, 0.15) is 47.7 Å². The van der Waals surface area contributed by atoms with Gasteiger partial charge in [0.15, 0.2) is 0 Å². The number of rotatable bonds is 16. The third-order valence-corrected chi connectivity index (χ3v) is 8.22. The molecule has 9 heteroatoms. The highest BCUT2D eigenvalue weighted by atomic mass is 16.3. The molecule has 1 atom stereocenters. The van der Waals surface area contributed by atoms with Gasteiger partial charge in [-0.25, -0.2) is 4.98 Å². The Labute approximate surface area is 270 Å². The van der Waals surface area contributed by atoms with Gasteiger partial charge in [-0.15, -0.1) is 0 Å². The minimum atomic E-state index is -0.225. The number of amides is 1. The van der Waals surface area contributed by atoms with Gasteiger partial charge in [-0.1, -0.05) is 55.5 Å². The zero-order chi connectivity index (χ0) is 32.3. The molecule has 46 heavy (non-hydrogen) atoms. The Morgan fingerprint density at radius 1 is 0.978 bits per heavy atom. The van der Waals surface area contributed by atoms with Crippen LogP contribution in [-0.2, 0) is 6.42 Å². The molecule has 0 spiro atoms. The molecule has 0 aliphatic heterocycles. The summed E-state index contributed by atoms with van der Waals surface area (Å²) in [5.41, 5.74) is 6.38. The van der Waals surface area contributed by atoms with Crippen molar-refractivity contribution in [3.05, 3.63) is 112 Å². The standard InChI is InChI=1S/C37H44N6O3/c1-3-20-43(37(46)29-14-8-5-9-15-29)21-19-38-30-22-26(2)34-32(24-30)41-35(42-34)33-31(16-18-40-36(33)45)39-17-10-13-28(25-44)23-27-11-6-4-7-12-27/h4-9,11-12,14-16,18,22,24,28,38,44H,3,10,13,17,19-21,23,25H2,1-2H3,(H,41,42)(H2,39,40,45). The van der Waals surface area contributed by atoms with Crippen molar-refractivity contribution < 1.29 is 9.90 Å². The molecule has 5 N–H and O–H groups in total. The number of pyridine rings is 1. The summed E-state index contributed by atoms with van der Waals surface area (Å²) < 4.78 is 0. The van der Waals surface area contributed by atoms with Gasteiger partial charge in [-0.05, 0) is 80.0 Å². The normalized spacial score (nSPS) is 11.8. The topological polar surface area (TPSA) is 126 Å². The van der Waals surface area contributed by atoms with Crippen molar-refractivity contribution in [2.75, 3.05) is 43.4 Å². The Hall–Kier alpha value is -4.89. The number of benzene rings is 3. The molecule has 5 rings (SSSR count). The fourth-order valence-corrected chi connectivity index (χ4v) is 5.87. The maximum atomic E-state index is 13.0. The third kappa shape index (κ3) is 8.22. The van der Waals surface area contributed by atoms with Crippen LogP contribution >= 0.6 is 0 Å². The molecule has 1 unspecified atom stereocenters. The van der Waals surface area contributed by atoms with Crippen LogP contribution in [0.25, 0.3) is 22.4 Å². The fraction of sp³-hybridized carbons (Fsp3) is 0.324. The van der Waals surface area contributed by atoms with E-state index >= 15 is 0 Å². The molecule has 0 saturated heterocycles. The van der Waals surface area contributed by atoms with Crippen LogP contribution in [0, 0.1) is 12.8 Å². The lowest BCUT2D eigenvalue weighted by Crippen LogP contribution is -2.35. The lowest BCUT2D eigenvalue weighted by Gasteiger charge is -2.22. The van der Waals surface area contributed by atoms with Crippen LogP contribution in [0.15, 0.2) is 89.9 Å². The molecule has 9 nitrogen and oxygen atoms in total. The number of hydrogen-bond acceptors (Lipinski definition) is 6. The maximum Gasteiger partial charge on any atom is 0.261 e. The fourth-order valence-electron chi connectivity index (χ4n) is 5.87. The smallest absolute Gasteiger partial charge is 0.261 e. The molecule has 2 heterocycles. The Morgan fingerprint density at radius 3 is 2.48 bits per heavy atom. The number of H-pyrrole nitrogens is 2. The van der Waals surface area contributed by atoms with Crippen molar-refractivity contribution in [1.82, 2.24) is 19.9 Å². The second-order valence-corrected chi connectivity index (χ2v) is 11.8. The summed E-state index contributed by atoms with van der Waals surface area (Å²) in [5.74, 6) is 0.717. The molecular formula is C37H44N6O3. The highest BCUT2D eigenvalue weighted by Crippen LogP contribution is 2.28. The zero-order valence-corrected chi connectivity index (χ0v) is 26.7. The number of carbonyl (C=O) groups is 1. The van der Waals surface area contributed by atoms with Crippen molar-refractivity contribution in [3.63, 3.8) is 0 Å². The summed E-state index contributed by atoms with van der Waals surface area (Å²) in [4.78, 5) is 38.9. The number of fused-ring (bicyclic) bond motifs is 1. The predicted molar refractivity (Wildman–Crippen MR) is 186 cm³/mol. The summed E-state index contributed by atoms with van der Waals surface area (Å²) in [6.07, 6.45) is 5.08. The van der Waals surface area contributed by atoms with E-state index in [1.165, 1.54) is 5.56 Å². The summed E-state index contributed by atoms with van der Waals surface area (Å²) in [7, 11) is 0. The molecule has 1 amide bonds. The Bertz CT molecular complexity index is 1770. The van der Waals surface area contributed by atoms with E-state index in [-0.39, 0.29) is 24.0 Å². The van der Waals surface area contributed by atoms with E-state index in [0.717, 1.165) is 48.0 Å². The highest BCUT2D eigenvalue weighted by Gasteiger charge is 2.17. The van der Waals surface area contributed by atoms with Crippen LogP contribution in [0.5, 0.6) is 0 Å². The Morgan fingerprint density at radius 2 is 1.74 bits per heavy atom.